The number of hydrogen-bond acceptors (Lipinski definition) is 1. The Morgan fingerprint density at radius 2 is 2.08 bits per heavy atom. The normalized spacial score (nSPS) is 33.2. The Morgan fingerprint density at radius 3 is 2.85 bits per heavy atom. The molecule has 0 radical (unpaired) electrons. The van der Waals surface area contributed by atoms with E-state index in [1.54, 1.807) is 0 Å². The molecule has 2 unspecified atom stereocenters. The third kappa shape index (κ3) is 1.59. The van der Waals surface area contributed by atoms with Crippen LogP contribution in [0.15, 0.2) is 0 Å². The molecule has 74 valence electrons. The van der Waals surface area contributed by atoms with E-state index in [9.17, 15) is 0 Å². The van der Waals surface area contributed by atoms with E-state index in [0.717, 1.165) is 30.8 Å². The number of rotatable bonds is 1. The molecule has 0 amide bonds. The lowest BCUT2D eigenvalue weighted by Crippen LogP contribution is -2.45. The first-order valence-electron chi connectivity index (χ1n) is 5.67. The lowest BCUT2D eigenvalue weighted by molar-refractivity contribution is 0.187. The predicted octanol–water partition coefficient (Wildman–Crippen LogP) is 2.64. The fourth-order valence-electron chi connectivity index (χ4n) is 2.99. The molecular weight excluding hydrogens is 160 g/mol. The van der Waals surface area contributed by atoms with Crippen molar-refractivity contribution in [3.63, 3.8) is 0 Å². The van der Waals surface area contributed by atoms with Gasteiger partial charge in [0.05, 0.1) is 5.84 Å². The van der Waals surface area contributed by atoms with Crippen molar-refractivity contribution in [3.8, 4) is 0 Å². The second kappa shape index (κ2) is 3.69. The molecule has 1 heterocycles. The summed E-state index contributed by atoms with van der Waals surface area (Å²) in [5.74, 6) is 1.79. The fraction of sp³-hybridized carbons (Fsp3) is 0.909. The fourth-order valence-corrected chi connectivity index (χ4v) is 2.99. The zero-order valence-electron chi connectivity index (χ0n) is 8.55. The van der Waals surface area contributed by atoms with Crippen molar-refractivity contribution in [1.82, 2.24) is 4.90 Å². The number of likely N-dealkylation sites (tertiary alicyclic amines) is 1. The highest BCUT2D eigenvalue weighted by atomic mass is 15.2. The van der Waals surface area contributed by atoms with Gasteiger partial charge in [0.25, 0.3) is 0 Å². The maximum atomic E-state index is 7.91. The summed E-state index contributed by atoms with van der Waals surface area (Å²) in [6.07, 6.45) is 7.78. The van der Waals surface area contributed by atoms with E-state index < -0.39 is 0 Å². The zero-order valence-corrected chi connectivity index (χ0v) is 8.55. The van der Waals surface area contributed by atoms with Gasteiger partial charge in [0.2, 0.25) is 0 Å². The monoisotopic (exact) mass is 180 g/mol. The van der Waals surface area contributed by atoms with Crippen LogP contribution in [-0.2, 0) is 0 Å². The quantitative estimate of drug-likeness (QED) is 0.487. The average molecular weight is 180 g/mol. The maximum Gasteiger partial charge on any atom is 0.0957 e. The molecule has 2 rings (SSSR count). The van der Waals surface area contributed by atoms with Gasteiger partial charge in [0, 0.05) is 19.0 Å². The summed E-state index contributed by atoms with van der Waals surface area (Å²) in [4.78, 5) is 2.38. The van der Waals surface area contributed by atoms with Crippen molar-refractivity contribution >= 4 is 5.84 Å². The van der Waals surface area contributed by atoms with Crippen molar-refractivity contribution in [2.75, 3.05) is 6.54 Å². The van der Waals surface area contributed by atoms with E-state index in [4.69, 9.17) is 5.41 Å². The van der Waals surface area contributed by atoms with Crippen LogP contribution in [0.2, 0.25) is 0 Å². The van der Waals surface area contributed by atoms with E-state index in [0.29, 0.717) is 0 Å². The topological polar surface area (TPSA) is 27.1 Å². The van der Waals surface area contributed by atoms with E-state index >= 15 is 0 Å². The van der Waals surface area contributed by atoms with Crippen LogP contribution < -0.4 is 0 Å². The molecule has 1 N–H and O–H groups in total. The Balaban J connectivity index is 2.05. The van der Waals surface area contributed by atoms with Crippen LogP contribution in [0.3, 0.4) is 0 Å². The molecule has 2 fully saturated rings. The highest BCUT2D eigenvalue weighted by Crippen LogP contribution is 2.36. The van der Waals surface area contributed by atoms with Gasteiger partial charge in [0.15, 0.2) is 0 Å². The number of nitrogens with zero attached hydrogens (tertiary/aromatic N) is 1. The van der Waals surface area contributed by atoms with Crippen LogP contribution in [0.25, 0.3) is 0 Å². The van der Waals surface area contributed by atoms with Gasteiger partial charge in [-0.25, -0.2) is 0 Å². The molecule has 0 aromatic rings. The Hall–Kier alpha value is -0.530. The van der Waals surface area contributed by atoms with Crippen molar-refractivity contribution in [2.24, 2.45) is 5.92 Å². The molecule has 1 saturated carbocycles. The molecule has 1 aliphatic heterocycles. The molecule has 0 aromatic carbocycles. The van der Waals surface area contributed by atoms with Gasteiger partial charge in [-0.15, -0.1) is 0 Å². The predicted molar refractivity (Wildman–Crippen MR) is 55.1 cm³/mol. The summed E-state index contributed by atoms with van der Waals surface area (Å²) in [5, 5.41) is 7.91. The molecule has 1 saturated heterocycles. The van der Waals surface area contributed by atoms with Crippen molar-refractivity contribution < 1.29 is 0 Å². The largest absolute Gasteiger partial charge is 0.357 e. The molecule has 13 heavy (non-hydrogen) atoms. The highest BCUT2D eigenvalue weighted by molar-refractivity contribution is 5.79. The number of piperidine rings is 1. The molecule has 1 aliphatic carbocycles. The van der Waals surface area contributed by atoms with Gasteiger partial charge in [0.1, 0.15) is 0 Å². The van der Waals surface area contributed by atoms with Crippen LogP contribution in [0.5, 0.6) is 0 Å². The third-order valence-electron chi connectivity index (χ3n) is 3.67. The van der Waals surface area contributed by atoms with Crippen LogP contribution in [-0.4, -0.2) is 23.3 Å². The van der Waals surface area contributed by atoms with Crippen LogP contribution in [0.1, 0.15) is 45.4 Å². The van der Waals surface area contributed by atoms with Crippen LogP contribution >= 0.6 is 0 Å². The lowest BCUT2D eigenvalue weighted by Gasteiger charge is -2.39. The van der Waals surface area contributed by atoms with Gasteiger partial charge in [-0.1, -0.05) is 13.3 Å². The third-order valence-corrected chi connectivity index (χ3v) is 3.67. The maximum absolute atomic E-state index is 7.91. The standard InChI is InChI=1S/C11H20N2/c1-2-11(12)13-8-4-6-9-5-3-7-10(9)13/h9-10,12H,2-8H2,1H3. The summed E-state index contributed by atoms with van der Waals surface area (Å²) in [6, 6.07) is 0.737. The molecule has 2 aliphatic rings. The van der Waals surface area contributed by atoms with Gasteiger partial charge in [-0.2, -0.15) is 0 Å². The minimum Gasteiger partial charge on any atom is -0.357 e. The first kappa shape index (κ1) is 9.04. The molecule has 0 spiro atoms. The van der Waals surface area contributed by atoms with Crippen molar-refractivity contribution in [3.05, 3.63) is 0 Å². The van der Waals surface area contributed by atoms with E-state index in [1.807, 2.05) is 0 Å². The zero-order chi connectivity index (χ0) is 9.26. The molecule has 2 nitrogen and oxygen atoms in total. The van der Waals surface area contributed by atoms with Gasteiger partial charge in [-0.05, 0) is 31.6 Å². The molecule has 0 aromatic heterocycles. The molecule has 2 heteroatoms. The first-order valence-corrected chi connectivity index (χ1v) is 5.67. The minimum atomic E-state index is 0.737. The van der Waals surface area contributed by atoms with Crippen molar-refractivity contribution in [2.45, 2.75) is 51.5 Å². The van der Waals surface area contributed by atoms with Crippen molar-refractivity contribution in [1.29, 1.82) is 5.41 Å². The summed E-state index contributed by atoms with van der Waals surface area (Å²) in [6.45, 7) is 3.24. The highest BCUT2D eigenvalue weighted by Gasteiger charge is 2.35. The number of nitrogens with one attached hydrogen (secondary N) is 1. The van der Waals surface area contributed by atoms with Gasteiger partial charge < -0.3 is 4.90 Å². The van der Waals surface area contributed by atoms with Crippen LogP contribution in [0.4, 0.5) is 0 Å². The molecule has 0 bridgehead atoms. The second-order valence-corrected chi connectivity index (χ2v) is 4.39. The van der Waals surface area contributed by atoms with E-state index in [2.05, 4.69) is 11.8 Å². The minimum absolute atomic E-state index is 0.737. The molecule has 2 atom stereocenters. The van der Waals surface area contributed by atoms with Gasteiger partial charge in [-0.3, -0.25) is 5.41 Å². The second-order valence-electron chi connectivity index (χ2n) is 4.39. The number of fused-ring (bicyclic) bond motifs is 1. The Kier molecular flexibility index (Phi) is 2.56. The van der Waals surface area contributed by atoms with Gasteiger partial charge >= 0.3 is 0 Å². The first-order chi connectivity index (χ1) is 6.33. The summed E-state index contributed by atoms with van der Waals surface area (Å²) < 4.78 is 0. The number of amidine groups is 1. The SMILES string of the molecule is CCC(=N)N1CCCC2CCCC21. The summed E-state index contributed by atoms with van der Waals surface area (Å²) in [7, 11) is 0. The average Bonchev–Trinajstić information content (AvgIpc) is 2.63. The smallest absolute Gasteiger partial charge is 0.0957 e. The Bertz CT molecular complexity index is 200. The Labute approximate surface area is 80.8 Å². The summed E-state index contributed by atoms with van der Waals surface area (Å²) in [5.41, 5.74) is 0. The Morgan fingerprint density at radius 1 is 1.31 bits per heavy atom. The summed E-state index contributed by atoms with van der Waals surface area (Å²) >= 11 is 0. The van der Waals surface area contributed by atoms with E-state index in [1.165, 1.54) is 32.1 Å². The molecular formula is C11H20N2. The lowest BCUT2D eigenvalue weighted by atomic mass is 9.92. The van der Waals surface area contributed by atoms with E-state index in [-0.39, 0.29) is 0 Å². The van der Waals surface area contributed by atoms with Crippen LogP contribution in [0, 0.1) is 11.3 Å². The number of hydrogen-bond donors (Lipinski definition) is 1.